The van der Waals surface area contributed by atoms with E-state index in [1.807, 2.05) is 37.3 Å². The summed E-state index contributed by atoms with van der Waals surface area (Å²) >= 11 is 0. The molecule has 0 bridgehead atoms. The number of hydrogen-bond acceptors (Lipinski definition) is 11. The summed E-state index contributed by atoms with van der Waals surface area (Å²) in [6.45, 7) is 9.83. The van der Waals surface area contributed by atoms with E-state index in [2.05, 4.69) is 15.4 Å². The van der Waals surface area contributed by atoms with Crippen molar-refractivity contribution < 1.29 is 46.5 Å². The lowest BCUT2D eigenvalue weighted by Gasteiger charge is -2.48. The first-order valence-electron chi connectivity index (χ1n) is 21.5. The van der Waals surface area contributed by atoms with Crippen molar-refractivity contribution in [3.05, 3.63) is 41.6 Å². The molecule has 3 fully saturated rings. The molecule has 1 spiro atoms. The van der Waals surface area contributed by atoms with E-state index in [-0.39, 0.29) is 19.4 Å². The first-order chi connectivity index (χ1) is 28.4. The highest BCUT2D eigenvalue weighted by molar-refractivity contribution is 7.91. The highest BCUT2D eigenvalue weighted by Gasteiger charge is 2.59. The number of aryl methyl sites for hydroxylation is 2. The number of pyridine rings is 1. The number of hydrogen-bond donors (Lipinski definition) is 3. The zero-order valence-electron chi connectivity index (χ0n) is 35.8. The van der Waals surface area contributed by atoms with Crippen molar-refractivity contribution in [1.29, 1.82) is 0 Å². The number of ether oxygens (including phenoxy) is 4. The minimum absolute atomic E-state index is 0.0330. The van der Waals surface area contributed by atoms with Gasteiger partial charge in [-0.15, -0.1) is 0 Å². The molecular weight excluding hydrogens is 791 g/mol. The highest BCUT2D eigenvalue weighted by atomic mass is 32.2. The Morgan fingerprint density at radius 1 is 1.07 bits per heavy atom. The maximum atomic E-state index is 14.9. The molecule has 3 aliphatic heterocycles. The highest BCUT2D eigenvalue weighted by Crippen LogP contribution is 2.47. The molecule has 60 heavy (non-hydrogen) atoms. The zero-order chi connectivity index (χ0) is 43.1. The number of amides is 4. The van der Waals surface area contributed by atoms with E-state index >= 15 is 0 Å². The van der Waals surface area contributed by atoms with Crippen LogP contribution in [0.1, 0.15) is 116 Å². The molecule has 15 nitrogen and oxygen atoms in total. The Hall–Kier alpha value is -4.44. The molecule has 1 aromatic carbocycles. The maximum Gasteiger partial charge on any atom is 0.408 e. The van der Waals surface area contributed by atoms with Crippen LogP contribution in [-0.2, 0) is 40.3 Å². The topological polar surface area (TPSA) is 192 Å². The Balaban J connectivity index is 1.23. The zero-order valence-corrected chi connectivity index (χ0v) is 36.6. The fourth-order valence-corrected chi connectivity index (χ4v) is 10.3. The number of carbonyl (C=O) groups excluding carboxylic acids is 4. The number of nitrogens with one attached hydrogen (secondary N) is 3. The van der Waals surface area contributed by atoms with Crippen molar-refractivity contribution in [2.24, 2.45) is 5.92 Å². The van der Waals surface area contributed by atoms with Crippen molar-refractivity contribution in [3.63, 3.8) is 0 Å². The molecule has 5 unspecified atom stereocenters. The Labute approximate surface area is 353 Å². The third-order valence-electron chi connectivity index (χ3n) is 12.9. The second-order valence-corrected chi connectivity index (χ2v) is 20.8. The molecular formula is C44H61N5O10S. The molecule has 328 valence electrons. The lowest BCUT2D eigenvalue weighted by molar-refractivity contribution is -0.144. The Morgan fingerprint density at radius 2 is 1.85 bits per heavy atom. The smallest absolute Gasteiger partial charge is 0.408 e. The number of methoxy groups -OCH3 is 1. The van der Waals surface area contributed by atoms with Gasteiger partial charge in [0.1, 0.15) is 40.3 Å². The van der Waals surface area contributed by atoms with Gasteiger partial charge in [0.25, 0.3) is 5.91 Å². The SMILES string of the molecule is COCCCOc1ccc2nc(C)c3c(c2c1)CCC1(CC2C(=O)NC4(C(=O)NS(=O)(=O)C5(C)CC5)CCC4C=CCCCCCC(NC(=O)OC(C)(C)C)C(=O)N2C1)O3. The number of allylic oxidation sites excluding steroid dienone is 1. The van der Waals surface area contributed by atoms with Crippen molar-refractivity contribution in [3.8, 4) is 11.5 Å². The summed E-state index contributed by atoms with van der Waals surface area (Å²) in [4.78, 5) is 63.5. The van der Waals surface area contributed by atoms with E-state index < -0.39 is 73.3 Å². The van der Waals surface area contributed by atoms with Crippen LogP contribution in [0.2, 0.25) is 0 Å². The molecule has 4 amide bonds. The van der Waals surface area contributed by atoms with Crippen LogP contribution in [0.15, 0.2) is 30.4 Å². The number of aromatic nitrogens is 1. The lowest BCUT2D eigenvalue weighted by Crippen LogP contribution is -2.70. The third-order valence-corrected chi connectivity index (χ3v) is 15.0. The van der Waals surface area contributed by atoms with Crippen LogP contribution in [-0.4, -0.2) is 103 Å². The van der Waals surface area contributed by atoms with Crippen LogP contribution in [0.25, 0.3) is 10.9 Å². The minimum Gasteiger partial charge on any atom is -0.493 e. The van der Waals surface area contributed by atoms with Gasteiger partial charge in [0, 0.05) is 43.4 Å². The quantitative estimate of drug-likeness (QED) is 0.219. The fraction of sp³-hybridized carbons (Fsp3) is 0.659. The number of sulfonamides is 1. The molecule has 2 aromatic rings. The van der Waals surface area contributed by atoms with Gasteiger partial charge in [0.15, 0.2) is 0 Å². The summed E-state index contributed by atoms with van der Waals surface area (Å²) in [7, 11) is -2.36. The van der Waals surface area contributed by atoms with Crippen LogP contribution in [0, 0.1) is 12.8 Å². The number of fused-ring (bicyclic) bond motifs is 5. The normalized spacial score (nSPS) is 27.8. The summed E-state index contributed by atoms with van der Waals surface area (Å²) in [5.74, 6) is -0.996. The van der Waals surface area contributed by atoms with E-state index in [1.165, 1.54) is 4.90 Å². The molecule has 0 radical (unpaired) electrons. The van der Waals surface area contributed by atoms with Gasteiger partial charge in [0.2, 0.25) is 21.8 Å². The fourth-order valence-electron chi connectivity index (χ4n) is 8.98. The Kier molecular flexibility index (Phi) is 12.2. The third kappa shape index (κ3) is 8.95. The lowest BCUT2D eigenvalue weighted by atomic mass is 9.65. The number of alkyl carbamates (subject to hydrolysis) is 1. The van der Waals surface area contributed by atoms with Crippen molar-refractivity contribution in [1.82, 2.24) is 25.2 Å². The van der Waals surface area contributed by atoms with Gasteiger partial charge >= 0.3 is 6.09 Å². The van der Waals surface area contributed by atoms with Crippen LogP contribution in [0.3, 0.4) is 0 Å². The molecule has 2 saturated carbocycles. The van der Waals surface area contributed by atoms with Gasteiger partial charge in [0.05, 0.1) is 29.1 Å². The van der Waals surface area contributed by atoms with Gasteiger partial charge < -0.3 is 34.5 Å². The molecule has 4 heterocycles. The Bertz CT molecular complexity index is 2150. The van der Waals surface area contributed by atoms with E-state index in [0.717, 1.165) is 35.7 Å². The van der Waals surface area contributed by atoms with Crippen LogP contribution in [0.4, 0.5) is 4.79 Å². The van der Waals surface area contributed by atoms with Crippen LogP contribution >= 0.6 is 0 Å². The predicted octanol–water partition coefficient (Wildman–Crippen LogP) is 5.30. The molecule has 5 aliphatic rings. The number of nitrogens with zero attached hydrogens (tertiary/aromatic N) is 2. The molecule has 3 N–H and O–H groups in total. The number of carbonyl (C=O) groups is 4. The summed E-state index contributed by atoms with van der Waals surface area (Å²) in [5.41, 5.74) is -0.952. The largest absolute Gasteiger partial charge is 0.493 e. The molecule has 1 aromatic heterocycles. The van der Waals surface area contributed by atoms with E-state index in [0.29, 0.717) is 81.8 Å². The first-order valence-corrected chi connectivity index (χ1v) is 23.0. The standard InChI is InChI=1S/C44H61N5O10S/c1-28-36-31(32-25-30(15-16-33(32)45-28)57-24-12-23-56-6)18-19-43(58-36)26-35-37(50)47-44(39(52)48-60(54,55)42(5)21-22-42)20-17-29(44)13-10-8-7-9-11-14-34(38(51)49(35)27-43)46-40(53)59-41(2,3)4/h10,13,15-16,25,29,34-35H,7-9,11-12,14,17-24,26-27H2,1-6H3,(H,46,53)(H,47,50)(H,48,52). The first kappa shape index (κ1) is 43.6. The van der Waals surface area contributed by atoms with E-state index in [9.17, 15) is 27.6 Å². The summed E-state index contributed by atoms with van der Waals surface area (Å²) < 4.78 is 51.7. The van der Waals surface area contributed by atoms with Gasteiger partial charge in [-0.25, -0.2) is 18.2 Å². The molecule has 2 aliphatic carbocycles. The number of rotatable bonds is 9. The van der Waals surface area contributed by atoms with E-state index in [4.69, 9.17) is 23.9 Å². The summed E-state index contributed by atoms with van der Waals surface area (Å²) in [5, 5.41) is 6.72. The van der Waals surface area contributed by atoms with Crippen molar-refractivity contribution >= 4 is 44.7 Å². The second kappa shape index (κ2) is 16.8. The number of benzene rings is 1. The van der Waals surface area contributed by atoms with Gasteiger partial charge in [-0.1, -0.05) is 25.0 Å². The second-order valence-electron chi connectivity index (χ2n) is 18.6. The van der Waals surface area contributed by atoms with Gasteiger partial charge in [-0.3, -0.25) is 19.1 Å². The average Bonchev–Trinajstić information content (AvgIpc) is 3.84. The molecule has 16 heteroatoms. The molecule has 1 saturated heterocycles. The van der Waals surface area contributed by atoms with Crippen molar-refractivity contribution in [2.45, 2.75) is 152 Å². The van der Waals surface area contributed by atoms with Gasteiger partial charge in [-0.05, 0) is 111 Å². The maximum absolute atomic E-state index is 14.9. The van der Waals surface area contributed by atoms with Crippen LogP contribution in [0.5, 0.6) is 11.5 Å². The summed E-state index contributed by atoms with van der Waals surface area (Å²) in [6, 6.07) is 3.67. The average molecular weight is 852 g/mol. The molecule has 7 rings (SSSR count). The Morgan fingerprint density at radius 3 is 2.55 bits per heavy atom. The van der Waals surface area contributed by atoms with E-state index in [1.54, 1.807) is 34.8 Å². The minimum atomic E-state index is -4.02. The van der Waals surface area contributed by atoms with Crippen LogP contribution < -0.4 is 24.8 Å². The monoisotopic (exact) mass is 851 g/mol. The predicted molar refractivity (Wildman–Crippen MR) is 224 cm³/mol. The van der Waals surface area contributed by atoms with Crippen molar-refractivity contribution in [2.75, 3.05) is 26.9 Å². The van der Waals surface area contributed by atoms with Gasteiger partial charge in [-0.2, -0.15) is 0 Å². The summed E-state index contributed by atoms with van der Waals surface area (Å²) in [6.07, 6.45) is 9.89. The molecule has 5 atom stereocenters.